The second-order valence-corrected chi connectivity index (χ2v) is 7.21. The highest BCUT2D eigenvalue weighted by Crippen LogP contribution is 2.36. The first-order chi connectivity index (χ1) is 15.6. The molecular formula is C28H22O4. The highest BCUT2D eigenvalue weighted by Gasteiger charge is 2.20. The molecule has 0 atom stereocenters. The van der Waals surface area contributed by atoms with Gasteiger partial charge >= 0.3 is 0 Å². The highest BCUT2D eigenvalue weighted by molar-refractivity contribution is 6.34. The summed E-state index contributed by atoms with van der Waals surface area (Å²) in [6.07, 6.45) is 1.42. The number of hydrogen-bond donors (Lipinski definition) is 0. The van der Waals surface area contributed by atoms with Crippen molar-refractivity contribution in [2.24, 2.45) is 0 Å². The molecule has 0 bridgehead atoms. The molecule has 0 amide bonds. The molecule has 0 saturated heterocycles. The minimum Gasteiger partial charge on any atom is -0.497 e. The molecule has 0 spiro atoms. The third kappa shape index (κ3) is 4.16. The minimum atomic E-state index is -0.239. The number of hydrogen-bond acceptors (Lipinski definition) is 4. The van der Waals surface area contributed by atoms with Gasteiger partial charge in [-0.15, -0.1) is 0 Å². The number of carbonyl (C=O) groups is 2. The molecule has 0 unspecified atom stereocenters. The molecule has 0 heterocycles. The Morgan fingerprint density at radius 1 is 0.688 bits per heavy atom. The van der Waals surface area contributed by atoms with E-state index in [4.69, 9.17) is 9.47 Å². The minimum absolute atomic E-state index is 0.232. The number of carbonyl (C=O) groups excluding carboxylic acids is 2. The summed E-state index contributed by atoms with van der Waals surface area (Å²) in [4.78, 5) is 26.7. The summed E-state index contributed by atoms with van der Waals surface area (Å²) >= 11 is 0. The van der Waals surface area contributed by atoms with Crippen LogP contribution >= 0.6 is 0 Å². The Labute approximate surface area is 186 Å². The van der Waals surface area contributed by atoms with E-state index in [9.17, 15) is 9.59 Å². The van der Waals surface area contributed by atoms with Crippen molar-refractivity contribution in [1.29, 1.82) is 0 Å². The molecule has 158 valence electrons. The molecule has 0 fully saturated rings. The molecule has 32 heavy (non-hydrogen) atoms. The number of ketones is 2. The number of rotatable bonds is 7. The van der Waals surface area contributed by atoms with Gasteiger partial charge in [-0.05, 0) is 47.4 Å². The summed E-state index contributed by atoms with van der Waals surface area (Å²) in [5.41, 5.74) is 1.97. The highest BCUT2D eigenvalue weighted by atomic mass is 16.5. The van der Waals surface area contributed by atoms with Gasteiger partial charge in [-0.3, -0.25) is 9.59 Å². The molecule has 4 heteroatoms. The van der Waals surface area contributed by atoms with E-state index in [1.807, 2.05) is 42.5 Å². The van der Waals surface area contributed by atoms with E-state index in [-0.39, 0.29) is 11.6 Å². The van der Waals surface area contributed by atoms with Crippen LogP contribution in [0.4, 0.5) is 0 Å². The maximum absolute atomic E-state index is 13.6. The summed E-state index contributed by atoms with van der Waals surface area (Å²) < 4.78 is 10.9. The normalized spacial score (nSPS) is 11.2. The van der Waals surface area contributed by atoms with Gasteiger partial charge in [0.15, 0.2) is 11.6 Å². The maximum Gasteiger partial charge on any atom is 0.193 e. The average molecular weight is 422 g/mol. The van der Waals surface area contributed by atoms with Gasteiger partial charge in [0, 0.05) is 22.1 Å². The van der Waals surface area contributed by atoms with Crippen molar-refractivity contribution in [2.45, 2.75) is 0 Å². The standard InChI is InChI=1S/C28H22O4/c1-31-21-13-14-23-24(17-21)22(15-16-27(23)32-2)25(28(30)20-11-7-4-8-12-20)18-26(29)19-9-5-3-6-10-19/h3-18H,1-2H3/b25-18-. The number of benzene rings is 4. The van der Waals surface area contributed by atoms with E-state index >= 15 is 0 Å². The largest absolute Gasteiger partial charge is 0.497 e. The summed E-state index contributed by atoms with van der Waals surface area (Å²) in [7, 11) is 3.19. The van der Waals surface area contributed by atoms with E-state index in [2.05, 4.69) is 0 Å². The molecule has 4 rings (SSSR count). The van der Waals surface area contributed by atoms with Gasteiger partial charge in [0.2, 0.25) is 0 Å². The van der Waals surface area contributed by atoms with Crippen LogP contribution in [0, 0.1) is 0 Å². The Morgan fingerprint density at radius 2 is 1.34 bits per heavy atom. The fourth-order valence-electron chi connectivity index (χ4n) is 3.67. The fourth-order valence-corrected chi connectivity index (χ4v) is 3.67. The molecule has 0 aliphatic carbocycles. The van der Waals surface area contributed by atoms with E-state index in [1.54, 1.807) is 62.8 Å². The Morgan fingerprint density at radius 3 is 1.97 bits per heavy atom. The van der Waals surface area contributed by atoms with Crippen LogP contribution in [0.3, 0.4) is 0 Å². The van der Waals surface area contributed by atoms with Gasteiger partial charge in [-0.2, -0.15) is 0 Å². The van der Waals surface area contributed by atoms with Gasteiger partial charge in [-0.25, -0.2) is 0 Å². The predicted octanol–water partition coefficient (Wildman–Crippen LogP) is 6.01. The molecule has 0 radical (unpaired) electrons. The van der Waals surface area contributed by atoms with E-state index in [0.717, 1.165) is 10.8 Å². The second kappa shape index (κ2) is 9.31. The van der Waals surface area contributed by atoms with Crippen LogP contribution in [0.1, 0.15) is 26.3 Å². The lowest BCUT2D eigenvalue weighted by Crippen LogP contribution is -2.07. The fraction of sp³-hybridized carbons (Fsp3) is 0.0714. The predicted molar refractivity (Wildman–Crippen MR) is 127 cm³/mol. The van der Waals surface area contributed by atoms with Crippen LogP contribution < -0.4 is 9.47 Å². The summed E-state index contributed by atoms with van der Waals surface area (Å²) in [5, 5.41) is 1.59. The maximum atomic E-state index is 13.6. The molecule has 0 saturated carbocycles. The first-order valence-electron chi connectivity index (χ1n) is 10.2. The molecule has 4 nitrogen and oxygen atoms in total. The van der Waals surface area contributed by atoms with Crippen LogP contribution in [0.25, 0.3) is 16.3 Å². The lowest BCUT2D eigenvalue weighted by Gasteiger charge is -2.14. The molecule has 4 aromatic rings. The van der Waals surface area contributed by atoms with Gasteiger partial charge in [0.1, 0.15) is 11.5 Å². The van der Waals surface area contributed by atoms with Crippen LogP contribution in [-0.4, -0.2) is 25.8 Å². The summed E-state index contributed by atoms with van der Waals surface area (Å²) in [6.45, 7) is 0. The van der Waals surface area contributed by atoms with Crippen LogP contribution in [0.15, 0.2) is 97.1 Å². The Kier molecular flexibility index (Phi) is 6.13. The van der Waals surface area contributed by atoms with Crippen molar-refractivity contribution < 1.29 is 19.1 Å². The van der Waals surface area contributed by atoms with Crippen molar-refractivity contribution in [3.63, 3.8) is 0 Å². The van der Waals surface area contributed by atoms with Crippen LogP contribution in [-0.2, 0) is 0 Å². The van der Waals surface area contributed by atoms with Crippen molar-refractivity contribution in [1.82, 2.24) is 0 Å². The van der Waals surface area contributed by atoms with Gasteiger partial charge in [0.05, 0.1) is 14.2 Å². The smallest absolute Gasteiger partial charge is 0.193 e. The Balaban J connectivity index is 1.96. The first kappa shape index (κ1) is 21.1. The number of ether oxygens (including phenoxy) is 2. The molecule has 0 N–H and O–H groups in total. The zero-order valence-electron chi connectivity index (χ0n) is 17.9. The third-order valence-corrected chi connectivity index (χ3v) is 5.31. The van der Waals surface area contributed by atoms with Crippen LogP contribution in [0.2, 0.25) is 0 Å². The third-order valence-electron chi connectivity index (χ3n) is 5.31. The van der Waals surface area contributed by atoms with Crippen molar-refractivity contribution in [3.8, 4) is 11.5 Å². The molecule has 0 aromatic heterocycles. The quantitative estimate of drug-likeness (QED) is 0.270. The Bertz CT molecular complexity index is 1310. The second-order valence-electron chi connectivity index (χ2n) is 7.21. The topological polar surface area (TPSA) is 52.6 Å². The van der Waals surface area contributed by atoms with Crippen LogP contribution in [0.5, 0.6) is 11.5 Å². The first-order valence-corrected chi connectivity index (χ1v) is 10.2. The average Bonchev–Trinajstić information content (AvgIpc) is 2.87. The van der Waals surface area contributed by atoms with E-state index < -0.39 is 0 Å². The van der Waals surface area contributed by atoms with Crippen molar-refractivity contribution >= 4 is 27.9 Å². The van der Waals surface area contributed by atoms with E-state index in [1.165, 1.54) is 6.08 Å². The van der Waals surface area contributed by atoms with Gasteiger partial charge in [0.25, 0.3) is 0 Å². The number of methoxy groups -OCH3 is 2. The number of Topliss-reactive ketones (excluding diaryl/α,β-unsaturated/α-hetero) is 1. The lowest BCUT2D eigenvalue weighted by atomic mass is 9.90. The molecular weight excluding hydrogens is 400 g/mol. The molecule has 0 aliphatic rings. The number of allylic oxidation sites excluding steroid dienone is 2. The monoisotopic (exact) mass is 422 g/mol. The zero-order chi connectivity index (χ0) is 22.5. The SMILES string of the molecule is COc1ccc2c(OC)ccc(/C(=C/C(=O)c3ccccc3)C(=O)c3ccccc3)c2c1. The number of fused-ring (bicyclic) bond motifs is 1. The van der Waals surface area contributed by atoms with Gasteiger partial charge in [-0.1, -0.05) is 60.7 Å². The summed E-state index contributed by atoms with van der Waals surface area (Å²) in [6, 6.07) is 27.1. The lowest BCUT2D eigenvalue weighted by molar-refractivity contribution is 0.102. The van der Waals surface area contributed by atoms with Crippen molar-refractivity contribution in [2.75, 3.05) is 14.2 Å². The van der Waals surface area contributed by atoms with E-state index in [0.29, 0.717) is 33.8 Å². The summed E-state index contributed by atoms with van der Waals surface area (Å²) in [5.74, 6) is 0.848. The van der Waals surface area contributed by atoms with Crippen molar-refractivity contribution in [3.05, 3.63) is 114 Å². The molecule has 0 aliphatic heterocycles. The molecule has 4 aromatic carbocycles. The zero-order valence-corrected chi connectivity index (χ0v) is 17.9. The van der Waals surface area contributed by atoms with Gasteiger partial charge < -0.3 is 9.47 Å². The Hall–Kier alpha value is -4.18.